The lowest BCUT2D eigenvalue weighted by atomic mass is 10.1. The summed E-state index contributed by atoms with van der Waals surface area (Å²) in [6.07, 6.45) is 2.27. The maximum atomic E-state index is 12.2. The lowest BCUT2D eigenvalue weighted by Crippen LogP contribution is -2.45. The normalized spacial score (nSPS) is 18.5. The van der Waals surface area contributed by atoms with E-state index in [2.05, 4.69) is 26.6 Å². The molecule has 2 rings (SSSR count). The van der Waals surface area contributed by atoms with Crippen molar-refractivity contribution in [3.8, 4) is 0 Å². The molecule has 0 saturated carbocycles. The number of nitro groups is 1. The highest BCUT2D eigenvalue weighted by molar-refractivity contribution is 9.10. The van der Waals surface area contributed by atoms with E-state index in [1.54, 1.807) is 0 Å². The van der Waals surface area contributed by atoms with Gasteiger partial charge in [-0.05, 0) is 41.3 Å². The zero-order valence-electron chi connectivity index (χ0n) is 11.1. The second kappa shape index (κ2) is 6.66. The van der Waals surface area contributed by atoms with Gasteiger partial charge in [-0.15, -0.1) is 0 Å². The third kappa shape index (κ3) is 3.78. The van der Waals surface area contributed by atoms with Gasteiger partial charge in [0.1, 0.15) is 6.04 Å². The minimum absolute atomic E-state index is 0.140. The molecule has 1 aliphatic rings. The first kappa shape index (κ1) is 15.4. The van der Waals surface area contributed by atoms with Crippen molar-refractivity contribution < 1.29 is 14.5 Å². The highest BCUT2D eigenvalue weighted by Gasteiger charge is 2.24. The van der Waals surface area contributed by atoms with Crippen molar-refractivity contribution in [2.75, 3.05) is 6.54 Å². The van der Waals surface area contributed by atoms with Gasteiger partial charge in [-0.3, -0.25) is 19.7 Å². The van der Waals surface area contributed by atoms with Crippen LogP contribution >= 0.6 is 15.9 Å². The number of rotatable bonds is 3. The van der Waals surface area contributed by atoms with Crippen LogP contribution < -0.4 is 10.6 Å². The first-order valence-corrected chi connectivity index (χ1v) is 7.31. The molecule has 1 aromatic carbocycles. The number of benzene rings is 1. The average molecular weight is 356 g/mol. The molecule has 0 bridgehead atoms. The molecule has 0 aromatic heterocycles. The Balaban J connectivity index is 2.17. The van der Waals surface area contributed by atoms with E-state index in [9.17, 15) is 19.7 Å². The van der Waals surface area contributed by atoms with E-state index in [1.165, 1.54) is 18.2 Å². The van der Waals surface area contributed by atoms with Crippen LogP contribution in [0.3, 0.4) is 0 Å². The quantitative estimate of drug-likeness (QED) is 0.636. The van der Waals surface area contributed by atoms with Crippen LogP contribution in [0.5, 0.6) is 0 Å². The number of carbonyl (C=O) groups is 2. The summed E-state index contributed by atoms with van der Waals surface area (Å²) in [6.45, 7) is 0.603. The Bertz CT molecular complexity index is 591. The standard InChI is InChI=1S/C13H14BrN3O4/c14-10-5-4-8(17(20)21)7-9(10)12(18)16-11-3-1-2-6-15-13(11)19/h4-5,7,11H,1-3,6H2,(H,15,19)(H,16,18). The van der Waals surface area contributed by atoms with E-state index >= 15 is 0 Å². The summed E-state index contributed by atoms with van der Waals surface area (Å²) in [5.74, 6) is -0.727. The molecule has 1 atom stereocenters. The summed E-state index contributed by atoms with van der Waals surface area (Å²) in [6, 6.07) is 3.33. The Morgan fingerprint density at radius 1 is 1.43 bits per heavy atom. The van der Waals surface area contributed by atoms with Crippen molar-refractivity contribution in [3.63, 3.8) is 0 Å². The van der Waals surface area contributed by atoms with Gasteiger partial charge < -0.3 is 10.6 Å². The Morgan fingerprint density at radius 2 is 2.19 bits per heavy atom. The maximum Gasteiger partial charge on any atom is 0.270 e. The summed E-state index contributed by atoms with van der Waals surface area (Å²) in [5, 5.41) is 16.1. The first-order valence-electron chi connectivity index (χ1n) is 6.51. The second-order valence-electron chi connectivity index (χ2n) is 4.73. The Kier molecular flexibility index (Phi) is 4.89. The third-order valence-corrected chi connectivity index (χ3v) is 3.94. The van der Waals surface area contributed by atoms with Crippen molar-refractivity contribution in [2.24, 2.45) is 0 Å². The van der Waals surface area contributed by atoms with Gasteiger partial charge in [-0.1, -0.05) is 0 Å². The van der Waals surface area contributed by atoms with Crippen molar-refractivity contribution in [2.45, 2.75) is 25.3 Å². The second-order valence-corrected chi connectivity index (χ2v) is 5.59. The van der Waals surface area contributed by atoms with Crippen molar-refractivity contribution in [1.29, 1.82) is 0 Å². The molecular weight excluding hydrogens is 342 g/mol. The number of amides is 2. The SMILES string of the molecule is O=C(NC1CCCCNC1=O)c1cc([N+](=O)[O-])ccc1Br. The van der Waals surface area contributed by atoms with Gasteiger partial charge in [-0.2, -0.15) is 0 Å². The lowest BCUT2D eigenvalue weighted by molar-refractivity contribution is -0.384. The van der Waals surface area contributed by atoms with E-state index in [-0.39, 0.29) is 17.2 Å². The van der Waals surface area contributed by atoms with Crippen LogP contribution in [0.1, 0.15) is 29.6 Å². The largest absolute Gasteiger partial charge is 0.354 e. The van der Waals surface area contributed by atoms with Gasteiger partial charge in [0.15, 0.2) is 0 Å². The molecule has 1 heterocycles. The van der Waals surface area contributed by atoms with Crippen molar-refractivity contribution in [3.05, 3.63) is 38.3 Å². The van der Waals surface area contributed by atoms with E-state index in [1.807, 2.05) is 0 Å². The zero-order valence-corrected chi connectivity index (χ0v) is 12.7. The number of halogens is 1. The van der Waals surface area contributed by atoms with Gasteiger partial charge in [0.25, 0.3) is 11.6 Å². The van der Waals surface area contributed by atoms with Gasteiger partial charge in [0.05, 0.1) is 10.5 Å². The molecule has 0 radical (unpaired) electrons. The highest BCUT2D eigenvalue weighted by atomic mass is 79.9. The predicted octanol–water partition coefficient (Wildman–Crippen LogP) is 1.76. The summed E-state index contributed by atoms with van der Waals surface area (Å²) >= 11 is 3.19. The predicted molar refractivity (Wildman–Crippen MR) is 78.9 cm³/mol. The maximum absolute atomic E-state index is 12.2. The molecule has 7 nitrogen and oxygen atoms in total. The topological polar surface area (TPSA) is 101 Å². The van der Waals surface area contributed by atoms with Gasteiger partial charge >= 0.3 is 0 Å². The molecule has 1 saturated heterocycles. The van der Waals surface area contributed by atoms with Crippen LogP contribution in [-0.2, 0) is 4.79 Å². The molecule has 0 spiro atoms. The molecule has 0 aliphatic carbocycles. The van der Waals surface area contributed by atoms with E-state index in [4.69, 9.17) is 0 Å². The van der Waals surface area contributed by atoms with Crippen LogP contribution in [0.25, 0.3) is 0 Å². The van der Waals surface area contributed by atoms with Gasteiger partial charge in [-0.25, -0.2) is 0 Å². The first-order chi connectivity index (χ1) is 9.99. The molecule has 1 aromatic rings. The third-order valence-electron chi connectivity index (χ3n) is 3.25. The fourth-order valence-corrected chi connectivity index (χ4v) is 2.54. The van der Waals surface area contributed by atoms with Crippen LogP contribution in [0.15, 0.2) is 22.7 Å². The van der Waals surface area contributed by atoms with Crippen LogP contribution in [0.4, 0.5) is 5.69 Å². The van der Waals surface area contributed by atoms with Crippen LogP contribution in [0, 0.1) is 10.1 Å². The molecule has 1 aliphatic heterocycles. The van der Waals surface area contributed by atoms with E-state index in [0.717, 1.165) is 12.8 Å². The molecular formula is C13H14BrN3O4. The van der Waals surface area contributed by atoms with E-state index in [0.29, 0.717) is 17.4 Å². The number of nitrogens with one attached hydrogen (secondary N) is 2. The molecule has 1 fully saturated rings. The molecule has 8 heteroatoms. The Morgan fingerprint density at radius 3 is 2.90 bits per heavy atom. The minimum atomic E-state index is -0.605. The summed E-state index contributed by atoms with van der Waals surface area (Å²) in [5.41, 5.74) is -0.0325. The van der Waals surface area contributed by atoms with Crippen LogP contribution in [0.2, 0.25) is 0 Å². The fraction of sp³-hybridized carbons (Fsp3) is 0.385. The highest BCUT2D eigenvalue weighted by Crippen LogP contribution is 2.22. The number of carbonyl (C=O) groups excluding carboxylic acids is 2. The lowest BCUT2D eigenvalue weighted by Gasteiger charge is -2.15. The summed E-state index contributed by atoms with van der Waals surface area (Å²) in [4.78, 5) is 34.2. The van der Waals surface area contributed by atoms with E-state index < -0.39 is 16.9 Å². The Labute approximate surface area is 129 Å². The van der Waals surface area contributed by atoms with Gasteiger partial charge in [0.2, 0.25) is 5.91 Å². The number of hydrogen-bond donors (Lipinski definition) is 2. The van der Waals surface area contributed by atoms with Gasteiger partial charge in [0, 0.05) is 23.2 Å². The Hall–Kier alpha value is -1.96. The van der Waals surface area contributed by atoms with Crippen LogP contribution in [-0.4, -0.2) is 29.3 Å². The molecule has 21 heavy (non-hydrogen) atoms. The number of nitrogens with zero attached hydrogens (tertiary/aromatic N) is 1. The zero-order chi connectivity index (χ0) is 15.4. The number of non-ortho nitro benzene ring substituents is 1. The monoisotopic (exact) mass is 355 g/mol. The smallest absolute Gasteiger partial charge is 0.270 e. The summed E-state index contributed by atoms with van der Waals surface area (Å²) in [7, 11) is 0. The molecule has 112 valence electrons. The molecule has 2 amide bonds. The molecule has 1 unspecified atom stereocenters. The number of hydrogen-bond acceptors (Lipinski definition) is 4. The fourth-order valence-electron chi connectivity index (χ4n) is 2.11. The minimum Gasteiger partial charge on any atom is -0.354 e. The molecule has 2 N–H and O–H groups in total. The van der Waals surface area contributed by atoms with Crippen molar-refractivity contribution >= 4 is 33.4 Å². The number of nitro benzene ring substituents is 1. The van der Waals surface area contributed by atoms with Crippen molar-refractivity contribution in [1.82, 2.24) is 10.6 Å². The summed E-state index contributed by atoms with van der Waals surface area (Å²) < 4.78 is 0.444. The average Bonchev–Trinajstić information content (AvgIpc) is 2.64.